The molecule has 1 N–H and O–H groups in total. The number of nitrogens with one attached hydrogen (secondary N) is 1. The average Bonchev–Trinajstić information content (AvgIpc) is 2.60. The van der Waals surface area contributed by atoms with Crippen molar-refractivity contribution in [2.24, 2.45) is 5.41 Å². The van der Waals surface area contributed by atoms with Crippen molar-refractivity contribution < 1.29 is 0 Å². The van der Waals surface area contributed by atoms with Crippen LogP contribution in [-0.2, 0) is 13.0 Å². The third-order valence-electron chi connectivity index (χ3n) is 2.95. The fraction of sp³-hybridized carbons (Fsp3) is 0.692. The molecule has 15 heavy (non-hydrogen) atoms. The molecule has 1 heterocycles. The van der Waals surface area contributed by atoms with Crippen LogP contribution in [0.4, 0.5) is 0 Å². The van der Waals surface area contributed by atoms with Gasteiger partial charge in [0.1, 0.15) is 0 Å². The Morgan fingerprint density at radius 2 is 1.87 bits per heavy atom. The van der Waals surface area contributed by atoms with Gasteiger partial charge in [-0.3, -0.25) is 0 Å². The second-order valence-corrected chi connectivity index (χ2v) is 6.44. The molecule has 0 amide bonds. The predicted molar refractivity (Wildman–Crippen MR) is 69.5 cm³/mol. The summed E-state index contributed by atoms with van der Waals surface area (Å²) in [5.41, 5.74) is 0.338. The van der Waals surface area contributed by atoms with Crippen molar-refractivity contribution in [3.63, 3.8) is 0 Å². The molecule has 0 spiro atoms. The molecule has 0 aliphatic carbocycles. The van der Waals surface area contributed by atoms with Crippen LogP contribution in [0.15, 0.2) is 12.1 Å². The van der Waals surface area contributed by atoms with Crippen molar-refractivity contribution in [3.05, 3.63) is 21.9 Å². The summed E-state index contributed by atoms with van der Waals surface area (Å²) in [6.07, 6.45) is 1.15. The highest BCUT2D eigenvalue weighted by molar-refractivity contribution is 7.11. The smallest absolute Gasteiger partial charge is 0.0302 e. The van der Waals surface area contributed by atoms with Gasteiger partial charge in [-0.25, -0.2) is 0 Å². The van der Waals surface area contributed by atoms with Crippen molar-refractivity contribution in [1.29, 1.82) is 0 Å². The van der Waals surface area contributed by atoms with E-state index in [9.17, 15) is 0 Å². The molecule has 0 aliphatic heterocycles. The highest BCUT2D eigenvalue weighted by Gasteiger charge is 2.19. The monoisotopic (exact) mass is 225 g/mol. The molecule has 0 aromatic carbocycles. The molecule has 1 atom stereocenters. The summed E-state index contributed by atoms with van der Waals surface area (Å²) >= 11 is 1.92. The van der Waals surface area contributed by atoms with E-state index in [1.807, 2.05) is 11.3 Å². The van der Waals surface area contributed by atoms with E-state index >= 15 is 0 Å². The standard InChI is InChI=1S/C13H23NS/c1-6-11-7-8-12(15-11)9-14-10(2)13(3,4)5/h7-8,10,14H,6,9H2,1-5H3. The zero-order valence-corrected chi connectivity index (χ0v) is 11.4. The van der Waals surface area contributed by atoms with Crippen LogP contribution < -0.4 is 5.32 Å². The Labute approximate surface area is 97.9 Å². The molecule has 0 saturated heterocycles. The first-order valence-corrected chi connectivity index (χ1v) is 6.56. The molecule has 0 aliphatic rings. The van der Waals surface area contributed by atoms with Gasteiger partial charge in [0.2, 0.25) is 0 Å². The highest BCUT2D eigenvalue weighted by atomic mass is 32.1. The Hall–Kier alpha value is -0.340. The number of hydrogen-bond acceptors (Lipinski definition) is 2. The predicted octanol–water partition coefficient (Wildman–Crippen LogP) is 3.83. The summed E-state index contributed by atoms with van der Waals surface area (Å²) in [5.74, 6) is 0. The average molecular weight is 225 g/mol. The maximum Gasteiger partial charge on any atom is 0.0302 e. The molecular formula is C13H23NS. The second kappa shape index (κ2) is 5.13. The van der Waals surface area contributed by atoms with Crippen LogP contribution in [0, 0.1) is 5.41 Å². The maximum atomic E-state index is 3.59. The molecule has 1 unspecified atom stereocenters. The number of rotatable bonds is 4. The molecule has 1 nitrogen and oxygen atoms in total. The van der Waals surface area contributed by atoms with Gasteiger partial charge in [0.15, 0.2) is 0 Å². The molecular weight excluding hydrogens is 202 g/mol. The van der Waals surface area contributed by atoms with E-state index in [4.69, 9.17) is 0 Å². The first-order chi connectivity index (χ1) is 6.93. The number of thiophene rings is 1. The van der Waals surface area contributed by atoms with Gasteiger partial charge < -0.3 is 5.32 Å². The number of aryl methyl sites for hydroxylation is 1. The molecule has 1 aromatic rings. The zero-order valence-electron chi connectivity index (χ0n) is 10.6. The van der Waals surface area contributed by atoms with Crippen LogP contribution in [0.25, 0.3) is 0 Å². The molecule has 0 fully saturated rings. The normalized spacial score (nSPS) is 14.2. The minimum absolute atomic E-state index is 0.338. The van der Waals surface area contributed by atoms with Crippen molar-refractivity contribution >= 4 is 11.3 Å². The Bertz CT molecular complexity index is 296. The first kappa shape index (κ1) is 12.7. The van der Waals surface area contributed by atoms with Crippen LogP contribution in [-0.4, -0.2) is 6.04 Å². The van der Waals surface area contributed by atoms with Crippen LogP contribution in [0.3, 0.4) is 0 Å². The van der Waals surface area contributed by atoms with Gasteiger partial charge in [-0.2, -0.15) is 0 Å². The third kappa shape index (κ3) is 3.96. The van der Waals surface area contributed by atoms with Gasteiger partial charge in [0, 0.05) is 22.3 Å². The van der Waals surface area contributed by atoms with E-state index in [0.29, 0.717) is 11.5 Å². The minimum atomic E-state index is 0.338. The molecule has 0 saturated carbocycles. The minimum Gasteiger partial charge on any atom is -0.309 e. The van der Waals surface area contributed by atoms with Crippen LogP contribution in [0.2, 0.25) is 0 Å². The van der Waals surface area contributed by atoms with Gasteiger partial charge in [0.05, 0.1) is 0 Å². The van der Waals surface area contributed by atoms with Gasteiger partial charge in [0.25, 0.3) is 0 Å². The van der Waals surface area contributed by atoms with Gasteiger partial charge in [-0.05, 0) is 30.9 Å². The lowest BCUT2D eigenvalue weighted by Crippen LogP contribution is -2.36. The zero-order chi connectivity index (χ0) is 11.5. The van der Waals surface area contributed by atoms with E-state index in [0.717, 1.165) is 13.0 Å². The van der Waals surface area contributed by atoms with E-state index in [2.05, 4.69) is 52.1 Å². The quantitative estimate of drug-likeness (QED) is 0.821. The maximum absolute atomic E-state index is 3.59. The Kier molecular flexibility index (Phi) is 4.35. The van der Waals surface area contributed by atoms with Crippen LogP contribution in [0.5, 0.6) is 0 Å². The molecule has 2 heteroatoms. The molecule has 86 valence electrons. The third-order valence-corrected chi connectivity index (χ3v) is 4.18. The molecule has 1 rings (SSSR count). The van der Waals surface area contributed by atoms with Crippen LogP contribution >= 0.6 is 11.3 Å². The van der Waals surface area contributed by atoms with E-state index in [-0.39, 0.29) is 0 Å². The molecule has 0 bridgehead atoms. The van der Waals surface area contributed by atoms with Crippen molar-refractivity contribution in [3.8, 4) is 0 Å². The lowest BCUT2D eigenvalue weighted by atomic mass is 9.88. The lowest BCUT2D eigenvalue weighted by molar-refractivity contribution is 0.286. The Morgan fingerprint density at radius 3 is 2.33 bits per heavy atom. The van der Waals surface area contributed by atoms with Gasteiger partial charge in [-0.1, -0.05) is 27.7 Å². The number of hydrogen-bond donors (Lipinski definition) is 1. The van der Waals surface area contributed by atoms with Gasteiger partial charge in [-0.15, -0.1) is 11.3 Å². The topological polar surface area (TPSA) is 12.0 Å². The fourth-order valence-electron chi connectivity index (χ4n) is 1.27. The first-order valence-electron chi connectivity index (χ1n) is 5.74. The Balaban J connectivity index is 2.43. The van der Waals surface area contributed by atoms with Crippen molar-refractivity contribution in [2.45, 2.75) is 53.6 Å². The summed E-state index contributed by atoms with van der Waals surface area (Å²) in [4.78, 5) is 2.93. The SMILES string of the molecule is CCc1ccc(CNC(C)C(C)(C)C)s1. The summed E-state index contributed by atoms with van der Waals surface area (Å²) in [5, 5.41) is 3.59. The second-order valence-electron chi connectivity index (χ2n) is 5.19. The van der Waals surface area contributed by atoms with E-state index < -0.39 is 0 Å². The summed E-state index contributed by atoms with van der Waals surface area (Å²) in [7, 11) is 0. The lowest BCUT2D eigenvalue weighted by Gasteiger charge is -2.28. The summed E-state index contributed by atoms with van der Waals surface area (Å²) in [6, 6.07) is 5.03. The Morgan fingerprint density at radius 1 is 1.27 bits per heavy atom. The summed E-state index contributed by atoms with van der Waals surface area (Å²) < 4.78 is 0. The van der Waals surface area contributed by atoms with Gasteiger partial charge >= 0.3 is 0 Å². The van der Waals surface area contributed by atoms with Crippen molar-refractivity contribution in [1.82, 2.24) is 5.32 Å². The largest absolute Gasteiger partial charge is 0.309 e. The molecule has 0 radical (unpaired) electrons. The van der Waals surface area contributed by atoms with E-state index in [1.54, 1.807) is 0 Å². The van der Waals surface area contributed by atoms with Crippen LogP contribution in [0.1, 0.15) is 44.4 Å². The van der Waals surface area contributed by atoms with E-state index in [1.165, 1.54) is 9.75 Å². The fourth-order valence-corrected chi connectivity index (χ4v) is 2.18. The highest BCUT2D eigenvalue weighted by Crippen LogP contribution is 2.21. The molecule has 1 aromatic heterocycles. The summed E-state index contributed by atoms with van der Waals surface area (Å²) in [6.45, 7) is 12.3. The van der Waals surface area contributed by atoms with Crippen molar-refractivity contribution in [2.75, 3.05) is 0 Å².